The third-order valence-electron chi connectivity index (χ3n) is 5.74. The Hall–Kier alpha value is -2.71. The lowest BCUT2D eigenvalue weighted by molar-refractivity contribution is -0.122. The monoisotopic (exact) mass is 423 g/mol. The largest absolute Gasteiger partial charge is 0.493 e. The van der Waals surface area contributed by atoms with Gasteiger partial charge in [0, 0.05) is 42.8 Å². The van der Waals surface area contributed by atoms with Crippen LogP contribution in [0.15, 0.2) is 36.0 Å². The summed E-state index contributed by atoms with van der Waals surface area (Å²) in [5, 5.41) is 10.4. The van der Waals surface area contributed by atoms with E-state index in [9.17, 15) is 4.79 Å². The average molecular weight is 424 g/mol. The first-order valence-electron chi connectivity index (χ1n) is 10.4. The van der Waals surface area contributed by atoms with Crippen molar-refractivity contribution in [2.24, 2.45) is 7.05 Å². The van der Waals surface area contributed by atoms with Gasteiger partial charge in [-0.05, 0) is 43.1 Å². The van der Waals surface area contributed by atoms with Crippen molar-refractivity contribution in [1.29, 1.82) is 0 Å². The number of thiazole rings is 1. The van der Waals surface area contributed by atoms with E-state index in [0.717, 1.165) is 66.5 Å². The fourth-order valence-corrected chi connectivity index (χ4v) is 5.01. The van der Waals surface area contributed by atoms with Gasteiger partial charge in [0.15, 0.2) is 0 Å². The molecule has 0 aliphatic carbocycles. The third-order valence-corrected chi connectivity index (χ3v) is 6.68. The van der Waals surface area contributed by atoms with Crippen LogP contribution in [0.2, 0.25) is 0 Å². The average Bonchev–Trinajstić information content (AvgIpc) is 3.49. The molecule has 156 valence electrons. The van der Waals surface area contributed by atoms with Crippen LogP contribution in [0.5, 0.6) is 5.75 Å². The molecule has 1 fully saturated rings. The number of rotatable bonds is 5. The molecule has 7 nitrogen and oxygen atoms in total. The first-order valence-corrected chi connectivity index (χ1v) is 11.3. The molecule has 0 radical (unpaired) electrons. The Bertz CT molecular complexity index is 1060. The highest BCUT2D eigenvalue weighted by molar-refractivity contribution is 7.13. The van der Waals surface area contributed by atoms with Crippen LogP contribution >= 0.6 is 11.3 Å². The second kappa shape index (κ2) is 8.20. The van der Waals surface area contributed by atoms with Crippen LogP contribution < -0.4 is 10.1 Å². The Labute approximate surface area is 179 Å². The summed E-state index contributed by atoms with van der Waals surface area (Å²) in [6, 6.07) is 5.78. The van der Waals surface area contributed by atoms with Crippen LogP contribution in [0.3, 0.4) is 0 Å². The van der Waals surface area contributed by atoms with Crippen LogP contribution in [-0.2, 0) is 24.8 Å². The number of amides is 1. The predicted molar refractivity (Wildman–Crippen MR) is 117 cm³/mol. The number of hydrogen-bond acceptors (Lipinski definition) is 6. The number of nitrogens with zero attached hydrogens (tertiary/aromatic N) is 4. The number of benzene rings is 1. The lowest BCUT2D eigenvalue weighted by Crippen LogP contribution is -2.46. The highest BCUT2D eigenvalue weighted by Gasteiger charge is 2.29. The normalized spacial score (nSPS) is 18.8. The highest BCUT2D eigenvalue weighted by atomic mass is 32.1. The van der Waals surface area contributed by atoms with Gasteiger partial charge in [-0.2, -0.15) is 5.10 Å². The summed E-state index contributed by atoms with van der Waals surface area (Å²) in [5.74, 6) is 0.997. The minimum Gasteiger partial charge on any atom is -0.493 e. The van der Waals surface area contributed by atoms with E-state index in [4.69, 9.17) is 9.72 Å². The van der Waals surface area contributed by atoms with Crippen molar-refractivity contribution in [3.8, 4) is 16.3 Å². The zero-order valence-corrected chi connectivity index (χ0v) is 17.8. The van der Waals surface area contributed by atoms with Crippen LogP contribution in [-0.4, -0.2) is 44.8 Å². The fraction of sp³-hybridized carbons (Fsp3) is 0.409. The van der Waals surface area contributed by atoms with Crippen molar-refractivity contribution < 1.29 is 9.53 Å². The Morgan fingerprint density at radius 1 is 1.37 bits per heavy atom. The van der Waals surface area contributed by atoms with E-state index < -0.39 is 0 Å². The zero-order chi connectivity index (χ0) is 20.5. The maximum absolute atomic E-state index is 13.1. The summed E-state index contributed by atoms with van der Waals surface area (Å²) < 4.78 is 7.35. The van der Waals surface area contributed by atoms with Gasteiger partial charge in [0.05, 0.1) is 24.5 Å². The molecule has 5 rings (SSSR count). The van der Waals surface area contributed by atoms with E-state index in [1.54, 1.807) is 16.0 Å². The smallest absolute Gasteiger partial charge is 0.241 e. The van der Waals surface area contributed by atoms with Crippen molar-refractivity contribution in [3.63, 3.8) is 0 Å². The van der Waals surface area contributed by atoms with Crippen molar-refractivity contribution >= 4 is 22.9 Å². The van der Waals surface area contributed by atoms with Crippen molar-refractivity contribution in [3.05, 3.63) is 47.2 Å². The maximum atomic E-state index is 13.1. The molecule has 1 N–H and O–H groups in total. The molecule has 0 saturated carbocycles. The first-order chi connectivity index (χ1) is 14.7. The Morgan fingerprint density at radius 2 is 2.30 bits per heavy atom. The lowest BCUT2D eigenvalue weighted by Gasteiger charge is -2.34. The molecule has 1 unspecified atom stereocenters. The van der Waals surface area contributed by atoms with Crippen LogP contribution in [0.25, 0.3) is 10.6 Å². The number of aryl methyl sites for hydroxylation is 1. The number of likely N-dealkylation sites (tertiary alicyclic amines) is 1. The number of aromatic nitrogens is 3. The van der Waals surface area contributed by atoms with Gasteiger partial charge in [0.2, 0.25) is 5.91 Å². The molecule has 2 aromatic heterocycles. The Balaban J connectivity index is 1.27. The van der Waals surface area contributed by atoms with Gasteiger partial charge in [0.25, 0.3) is 0 Å². The van der Waals surface area contributed by atoms with E-state index in [1.807, 2.05) is 37.6 Å². The van der Waals surface area contributed by atoms with Gasteiger partial charge in [-0.25, -0.2) is 4.98 Å². The second-order valence-corrected chi connectivity index (χ2v) is 8.80. The minimum absolute atomic E-state index is 0.0660. The molecule has 0 spiro atoms. The van der Waals surface area contributed by atoms with Gasteiger partial charge in [-0.3, -0.25) is 14.4 Å². The number of carbonyl (C=O) groups excluding carboxylic acids is 1. The molecule has 30 heavy (non-hydrogen) atoms. The molecular formula is C22H25N5O2S. The maximum Gasteiger partial charge on any atom is 0.241 e. The minimum atomic E-state index is -0.133. The number of anilines is 1. The molecule has 0 bridgehead atoms. The molecule has 8 heteroatoms. The molecule has 1 saturated heterocycles. The summed E-state index contributed by atoms with van der Waals surface area (Å²) in [7, 11) is 1.91. The third kappa shape index (κ3) is 3.97. The predicted octanol–water partition coefficient (Wildman–Crippen LogP) is 3.47. The van der Waals surface area contributed by atoms with Crippen molar-refractivity contribution in [2.75, 3.05) is 18.5 Å². The molecule has 4 heterocycles. The van der Waals surface area contributed by atoms with E-state index in [-0.39, 0.29) is 11.9 Å². The summed E-state index contributed by atoms with van der Waals surface area (Å²) in [5.41, 5.74) is 4.05. The van der Waals surface area contributed by atoms with Gasteiger partial charge in [-0.1, -0.05) is 6.42 Å². The molecule has 1 atom stereocenters. The zero-order valence-electron chi connectivity index (χ0n) is 17.0. The number of ether oxygens (including phenoxy) is 1. The summed E-state index contributed by atoms with van der Waals surface area (Å²) >= 11 is 1.62. The molecule has 1 aromatic carbocycles. The van der Waals surface area contributed by atoms with Gasteiger partial charge < -0.3 is 10.1 Å². The standard InChI is InChI=1S/C22H25N5O2S/c1-26-12-16(11-23-26)22-25-18(14-30-22)13-27-8-3-2-4-19(27)21(28)24-17-5-6-20-15(10-17)7-9-29-20/h5-6,10-12,14,19H,2-4,7-9,13H2,1H3,(H,24,28). The van der Waals surface area contributed by atoms with Crippen LogP contribution in [0, 0.1) is 0 Å². The van der Waals surface area contributed by atoms with Crippen molar-refractivity contribution in [2.45, 2.75) is 38.3 Å². The molecule has 2 aliphatic rings. The van der Waals surface area contributed by atoms with Gasteiger partial charge in [0.1, 0.15) is 10.8 Å². The Morgan fingerprint density at radius 3 is 3.17 bits per heavy atom. The fourth-order valence-electron chi connectivity index (χ4n) is 4.22. The number of piperidine rings is 1. The summed E-state index contributed by atoms with van der Waals surface area (Å²) in [4.78, 5) is 20.1. The quantitative estimate of drug-likeness (QED) is 0.680. The molecule has 1 amide bonds. The number of hydrogen-bond donors (Lipinski definition) is 1. The van der Waals surface area contributed by atoms with Gasteiger partial charge >= 0.3 is 0 Å². The van der Waals surface area contributed by atoms with E-state index in [0.29, 0.717) is 6.54 Å². The number of carbonyl (C=O) groups is 1. The van der Waals surface area contributed by atoms with E-state index in [1.165, 1.54) is 5.56 Å². The molecule has 2 aliphatic heterocycles. The lowest BCUT2D eigenvalue weighted by atomic mass is 10.0. The van der Waals surface area contributed by atoms with Gasteiger partial charge in [-0.15, -0.1) is 11.3 Å². The summed E-state index contributed by atoms with van der Waals surface area (Å²) in [6.45, 7) is 2.32. The molecular weight excluding hydrogens is 398 g/mol. The Kier molecular flexibility index (Phi) is 5.26. The van der Waals surface area contributed by atoms with Crippen molar-refractivity contribution in [1.82, 2.24) is 19.7 Å². The summed E-state index contributed by atoms with van der Waals surface area (Å²) in [6.07, 6.45) is 7.77. The highest BCUT2D eigenvalue weighted by Crippen LogP contribution is 2.29. The molecule has 3 aromatic rings. The second-order valence-electron chi connectivity index (χ2n) is 7.94. The van der Waals surface area contributed by atoms with Crippen LogP contribution in [0.1, 0.15) is 30.5 Å². The number of fused-ring (bicyclic) bond motifs is 1. The SMILES string of the molecule is Cn1cc(-c2nc(CN3CCCCC3C(=O)Nc3ccc4c(c3)CCO4)cs2)cn1. The van der Waals surface area contributed by atoms with E-state index >= 15 is 0 Å². The number of nitrogens with one attached hydrogen (secondary N) is 1. The first kappa shape index (κ1) is 19.3. The topological polar surface area (TPSA) is 72.3 Å². The van der Waals surface area contributed by atoms with E-state index in [2.05, 4.69) is 20.7 Å². The van der Waals surface area contributed by atoms with Crippen LogP contribution in [0.4, 0.5) is 5.69 Å².